The summed E-state index contributed by atoms with van der Waals surface area (Å²) < 4.78 is 9.78. The Balaban J connectivity index is 3.44. The van der Waals surface area contributed by atoms with E-state index in [2.05, 4.69) is 21.3 Å². The Hall–Kier alpha value is -4.07. The fourth-order valence-electron chi connectivity index (χ4n) is 3.22. The highest BCUT2D eigenvalue weighted by molar-refractivity contribution is 5.95. The highest BCUT2D eigenvalue weighted by atomic mass is 16.6. The molecule has 0 aliphatic heterocycles. The summed E-state index contributed by atoms with van der Waals surface area (Å²) in [5.74, 6) is -0.464. The van der Waals surface area contributed by atoms with E-state index in [0.29, 0.717) is 17.5 Å². The SMILES string of the molecule is C#Cc1ccc(C(C(=O)NCC(=O)OC)N(CCC)C(=O)C(CC(N)=O)NC(=O)OC(C)(C)C)cc1. The van der Waals surface area contributed by atoms with Crippen LogP contribution in [0.5, 0.6) is 0 Å². The molecule has 0 aromatic heterocycles. The van der Waals surface area contributed by atoms with Crippen LogP contribution in [0.2, 0.25) is 0 Å². The summed E-state index contributed by atoms with van der Waals surface area (Å²) >= 11 is 0. The van der Waals surface area contributed by atoms with Crippen LogP contribution in [0.25, 0.3) is 0 Å². The number of amides is 4. The van der Waals surface area contributed by atoms with Crippen molar-refractivity contribution in [2.75, 3.05) is 20.2 Å². The molecule has 0 spiro atoms. The Bertz CT molecular complexity index is 993. The molecule has 4 amide bonds. The Labute approximate surface area is 211 Å². The van der Waals surface area contributed by atoms with Crippen LogP contribution in [-0.4, -0.2) is 66.5 Å². The number of terminal acetylenes is 1. The van der Waals surface area contributed by atoms with Crippen molar-refractivity contribution < 1.29 is 33.4 Å². The Morgan fingerprint density at radius 1 is 1.14 bits per heavy atom. The van der Waals surface area contributed by atoms with Gasteiger partial charge in [0.2, 0.25) is 17.7 Å². The number of hydrogen-bond donors (Lipinski definition) is 3. The van der Waals surface area contributed by atoms with Gasteiger partial charge < -0.3 is 30.7 Å². The van der Waals surface area contributed by atoms with Gasteiger partial charge in [-0.3, -0.25) is 19.2 Å². The summed E-state index contributed by atoms with van der Waals surface area (Å²) in [5.41, 5.74) is 5.42. The standard InChI is InChI=1S/C25H34N4O7/c1-7-13-29(23(33)18(14-19(26)30)28-24(34)36-25(3,4)5)21(22(32)27-15-20(31)35-6)17-11-9-16(8-2)10-12-17/h2,9-12,18,21H,7,13-15H2,1,3-6H3,(H2,26,30)(H,27,32)(H,28,34). The smallest absolute Gasteiger partial charge is 0.408 e. The van der Waals surface area contributed by atoms with E-state index >= 15 is 0 Å². The van der Waals surface area contributed by atoms with Crippen LogP contribution < -0.4 is 16.4 Å². The first-order chi connectivity index (χ1) is 16.8. The molecular weight excluding hydrogens is 468 g/mol. The lowest BCUT2D eigenvalue weighted by Gasteiger charge is -2.34. The number of carbonyl (C=O) groups is 5. The van der Waals surface area contributed by atoms with Crippen LogP contribution in [0.1, 0.15) is 57.7 Å². The molecule has 2 unspecified atom stereocenters. The maximum Gasteiger partial charge on any atom is 0.408 e. The minimum Gasteiger partial charge on any atom is -0.468 e. The third-order valence-electron chi connectivity index (χ3n) is 4.73. The molecule has 4 N–H and O–H groups in total. The van der Waals surface area contributed by atoms with Gasteiger partial charge in [-0.15, -0.1) is 6.42 Å². The minimum absolute atomic E-state index is 0.0806. The van der Waals surface area contributed by atoms with E-state index in [1.807, 2.05) is 0 Å². The molecular formula is C25H34N4O7. The average Bonchev–Trinajstić information content (AvgIpc) is 2.80. The zero-order valence-corrected chi connectivity index (χ0v) is 21.3. The highest BCUT2D eigenvalue weighted by Crippen LogP contribution is 2.24. The average molecular weight is 503 g/mol. The second-order valence-electron chi connectivity index (χ2n) is 8.86. The molecule has 36 heavy (non-hydrogen) atoms. The van der Waals surface area contributed by atoms with Crippen molar-refractivity contribution in [2.45, 2.75) is 58.2 Å². The van der Waals surface area contributed by atoms with E-state index in [1.54, 1.807) is 52.0 Å². The zero-order chi connectivity index (χ0) is 27.5. The maximum atomic E-state index is 13.7. The van der Waals surface area contributed by atoms with Gasteiger partial charge in [0, 0.05) is 12.1 Å². The molecule has 0 saturated heterocycles. The second kappa shape index (κ2) is 13.7. The number of alkyl carbamates (subject to hydrolysis) is 1. The number of carbonyl (C=O) groups excluding carboxylic acids is 5. The van der Waals surface area contributed by atoms with Crippen molar-refractivity contribution in [2.24, 2.45) is 5.73 Å². The first-order valence-corrected chi connectivity index (χ1v) is 11.3. The largest absolute Gasteiger partial charge is 0.468 e. The van der Waals surface area contributed by atoms with Crippen LogP contribution in [0.3, 0.4) is 0 Å². The molecule has 0 bridgehead atoms. The lowest BCUT2D eigenvalue weighted by atomic mass is 10.0. The van der Waals surface area contributed by atoms with Gasteiger partial charge in [-0.2, -0.15) is 0 Å². The zero-order valence-electron chi connectivity index (χ0n) is 21.3. The normalized spacial score (nSPS) is 12.3. The topological polar surface area (TPSA) is 157 Å². The molecule has 1 aromatic carbocycles. The van der Waals surface area contributed by atoms with Crippen molar-refractivity contribution in [1.29, 1.82) is 0 Å². The number of esters is 1. The molecule has 196 valence electrons. The van der Waals surface area contributed by atoms with Gasteiger partial charge in [0.05, 0.1) is 13.5 Å². The summed E-state index contributed by atoms with van der Waals surface area (Å²) in [6.45, 7) is 6.36. The summed E-state index contributed by atoms with van der Waals surface area (Å²) in [5, 5.41) is 4.84. The molecule has 0 fully saturated rings. The predicted octanol–water partition coefficient (Wildman–Crippen LogP) is 1.01. The summed E-state index contributed by atoms with van der Waals surface area (Å²) in [7, 11) is 1.17. The van der Waals surface area contributed by atoms with Crippen LogP contribution in [0, 0.1) is 12.3 Å². The number of nitrogens with one attached hydrogen (secondary N) is 2. The number of nitrogens with two attached hydrogens (primary N) is 1. The first kappa shape index (κ1) is 30.0. The molecule has 11 heteroatoms. The number of benzene rings is 1. The lowest BCUT2D eigenvalue weighted by molar-refractivity contribution is -0.145. The number of methoxy groups -OCH3 is 1. The molecule has 0 radical (unpaired) electrons. The van der Waals surface area contributed by atoms with Gasteiger partial charge in [-0.05, 0) is 44.9 Å². The second-order valence-corrected chi connectivity index (χ2v) is 8.86. The molecule has 2 atom stereocenters. The minimum atomic E-state index is -1.40. The van der Waals surface area contributed by atoms with E-state index in [-0.39, 0.29) is 6.54 Å². The predicted molar refractivity (Wildman–Crippen MR) is 131 cm³/mol. The van der Waals surface area contributed by atoms with Gasteiger partial charge in [0.15, 0.2) is 0 Å². The maximum absolute atomic E-state index is 13.7. The third-order valence-corrected chi connectivity index (χ3v) is 4.73. The fourth-order valence-corrected chi connectivity index (χ4v) is 3.22. The van der Waals surface area contributed by atoms with Crippen molar-refractivity contribution in [3.8, 4) is 12.3 Å². The van der Waals surface area contributed by atoms with E-state index < -0.39 is 60.4 Å². The molecule has 0 aliphatic carbocycles. The van der Waals surface area contributed by atoms with Gasteiger partial charge in [0.1, 0.15) is 24.2 Å². The van der Waals surface area contributed by atoms with Crippen LogP contribution >= 0.6 is 0 Å². The van der Waals surface area contributed by atoms with Crippen molar-refractivity contribution in [3.05, 3.63) is 35.4 Å². The highest BCUT2D eigenvalue weighted by Gasteiger charge is 2.36. The first-order valence-electron chi connectivity index (χ1n) is 11.3. The Kier molecular flexibility index (Phi) is 11.4. The third kappa shape index (κ3) is 9.66. The van der Waals surface area contributed by atoms with E-state index in [0.717, 1.165) is 0 Å². The Morgan fingerprint density at radius 2 is 1.75 bits per heavy atom. The molecule has 11 nitrogen and oxygen atoms in total. The lowest BCUT2D eigenvalue weighted by Crippen LogP contribution is -2.54. The van der Waals surface area contributed by atoms with Crippen molar-refractivity contribution in [1.82, 2.24) is 15.5 Å². The quantitative estimate of drug-likeness (QED) is 0.301. The van der Waals surface area contributed by atoms with Gasteiger partial charge in [0.25, 0.3) is 0 Å². The fraction of sp³-hybridized carbons (Fsp3) is 0.480. The summed E-state index contributed by atoms with van der Waals surface area (Å²) in [4.78, 5) is 63.8. The molecule has 0 saturated carbocycles. The van der Waals surface area contributed by atoms with Gasteiger partial charge in [-0.25, -0.2) is 4.79 Å². The van der Waals surface area contributed by atoms with Gasteiger partial charge in [-0.1, -0.05) is 25.0 Å². The van der Waals surface area contributed by atoms with Crippen molar-refractivity contribution >= 4 is 29.8 Å². The van der Waals surface area contributed by atoms with Crippen LogP contribution in [-0.2, 0) is 28.7 Å². The number of hydrogen-bond acceptors (Lipinski definition) is 7. The summed E-state index contributed by atoms with van der Waals surface area (Å²) in [6, 6.07) is 3.75. The van der Waals surface area contributed by atoms with E-state index in [4.69, 9.17) is 16.9 Å². The number of nitrogens with zero attached hydrogens (tertiary/aromatic N) is 1. The number of ether oxygens (including phenoxy) is 2. The monoisotopic (exact) mass is 502 g/mol. The van der Waals surface area contributed by atoms with Crippen LogP contribution in [0.4, 0.5) is 4.79 Å². The molecule has 0 heterocycles. The number of primary amides is 1. The van der Waals surface area contributed by atoms with Crippen molar-refractivity contribution in [3.63, 3.8) is 0 Å². The molecule has 1 aromatic rings. The number of rotatable bonds is 11. The summed E-state index contributed by atoms with van der Waals surface area (Å²) in [6.07, 6.45) is 4.41. The Morgan fingerprint density at radius 3 is 2.22 bits per heavy atom. The van der Waals surface area contributed by atoms with Gasteiger partial charge >= 0.3 is 12.1 Å². The van der Waals surface area contributed by atoms with E-state index in [1.165, 1.54) is 12.0 Å². The molecule has 0 aliphatic rings. The van der Waals surface area contributed by atoms with E-state index in [9.17, 15) is 24.0 Å². The molecule has 1 rings (SSSR count). The van der Waals surface area contributed by atoms with Crippen LogP contribution in [0.15, 0.2) is 24.3 Å².